The van der Waals surface area contributed by atoms with E-state index in [2.05, 4.69) is 29.4 Å². The number of amidine groups is 2. The quantitative estimate of drug-likeness (QED) is 0.409. The number of benzene rings is 2. The summed E-state index contributed by atoms with van der Waals surface area (Å²) < 4.78 is 0. The first kappa shape index (κ1) is 17.6. The lowest BCUT2D eigenvalue weighted by Gasteiger charge is -2.39. The number of hydrogen-bond donors (Lipinski definition) is 3. The van der Waals surface area contributed by atoms with Crippen molar-refractivity contribution in [2.45, 2.75) is 31.6 Å². The Hall–Kier alpha value is -3.47. The minimum Gasteiger partial charge on any atom is -0.338 e. The lowest BCUT2D eigenvalue weighted by Crippen LogP contribution is -2.37. The standard InChI is InChI=1S/C24H23N5/c1-24(13-5-14-24)17-11-9-16(10-12-17)21(25)29-20-8-4-15-27-23(20)28-19-7-3-2-6-18(19)22(29)26/h2-4,6-12,15,25-26H,5,13-14H2,1H3,(H,27,28). The fourth-order valence-electron chi connectivity index (χ4n) is 4.23. The molecule has 0 atom stereocenters. The number of para-hydroxylation sites is 1. The van der Waals surface area contributed by atoms with Gasteiger partial charge in [0.25, 0.3) is 0 Å². The van der Waals surface area contributed by atoms with Crippen molar-refractivity contribution in [3.05, 3.63) is 83.6 Å². The molecule has 0 saturated heterocycles. The number of hydrogen-bond acceptors (Lipinski definition) is 4. The van der Waals surface area contributed by atoms with Crippen molar-refractivity contribution in [1.82, 2.24) is 4.98 Å². The molecule has 144 valence electrons. The Morgan fingerprint density at radius 1 is 1.03 bits per heavy atom. The molecule has 1 fully saturated rings. The minimum atomic E-state index is 0.264. The summed E-state index contributed by atoms with van der Waals surface area (Å²) in [6.07, 6.45) is 5.46. The van der Waals surface area contributed by atoms with E-state index in [-0.39, 0.29) is 17.1 Å². The number of nitrogens with zero attached hydrogens (tertiary/aromatic N) is 2. The fourth-order valence-corrected chi connectivity index (χ4v) is 4.23. The van der Waals surface area contributed by atoms with Gasteiger partial charge in [-0.25, -0.2) is 4.98 Å². The molecule has 1 saturated carbocycles. The van der Waals surface area contributed by atoms with Gasteiger partial charge in [-0.3, -0.25) is 15.7 Å². The summed E-state index contributed by atoms with van der Waals surface area (Å²) in [6, 6.07) is 19.7. The van der Waals surface area contributed by atoms with E-state index in [9.17, 15) is 0 Å². The number of aromatic nitrogens is 1. The van der Waals surface area contributed by atoms with Gasteiger partial charge in [-0.05, 0) is 48.1 Å². The van der Waals surface area contributed by atoms with Gasteiger partial charge in [0.15, 0.2) is 5.82 Å². The lowest BCUT2D eigenvalue weighted by atomic mass is 9.66. The van der Waals surface area contributed by atoms with E-state index in [0.717, 1.165) is 16.8 Å². The average Bonchev–Trinajstić information content (AvgIpc) is 2.85. The smallest absolute Gasteiger partial charge is 0.154 e. The number of nitrogens with one attached hydrogen (secondary N) is 3. The first-order valence-corrected chi connectivity index (χ1v) is 9.96. The van der Waals surface area contributed by atoms with Gasteiger partial charge in [-0.15, -0.1) is 0 Å². The highest BCUT2D eigenvalue weighted by atomic mass is 15.2. The maximum absolute atomic E-state index is 8.94. The number of anilines is 3. The van der Waals surface area contributed by atoms with Crippen LogP contribution in [0.2, 0.25) is 0 Å². The zero-order valence-corrected chi connectivity index (χ0v) is 16.4. The molecule has 2 aliphatic rings. The van der Waals surface area contributed by atoms with Crippen LogP contribution >= 0.6 is 0 Å². The van der Waals surface area contributed by atoms with Gasteiger partial charge in [0, 0.05) is 17.3 Å². The van der Waals surface area contributed by atoms with E-state index in [0.29, 0.717) is 11.5 Å². The SMILES string of the molecule is CC1(c2ccc(C(=N)N3C(=N)c4ccccc4Nc4ncccc43)cc2)CCC1. The van der Waals surface area contributed by atoms with Crippen molar-refractivity contribution in [2.75, 3.05) is 10.2 Å². The molecule has 1 aromatic heterocycles. The summed E-state index contributed by atoms with van der Waals surface area (Å²) in [7, 11) is 0. The van der Waals surface area contributed by atoms with Crippen molar-refractivity contribution < 1.29 is 0 Å². The molecular formula is C24H23N5. The minimum absolute atomic E-state index is 0.264. The van der Waals surface area contributed by atoms with E-state index in [4.69, 9.17) is 10.8 Å². The van der Waals surface area contributed by atoms with Crippen LogP contribution in [0.1, 0.15) is 42.9 Å². The Balaban J connectivity index is 1.57. The normalized spacial score (nSPS) is 16.7. The highest BCUT2D eigenvalue weighted by molar-refractivity contribution is 6.30. The van der Waals surface area contributed by atoms with Crippen molar-refractivity contribution in [1.29, 1.82) is 10.8 Å². The molecule has 0 unspecified atom stereocenters. The van der Waals surface area contributed by atoms with Crippen LogP contribution in [-0.2, 0) is 5.41 Å². The fraction of sp³-hybridized carbons (Fsp3) is 0.208. The molecule has 3 N–H and O–H groups in total. The zero-order chi connectivity index (χ0) is 20.0. The van der Waals surface area contributed by atoms with Gasteiger partial charge in [0.1, 0.15) is 11.7 Å². The summed E-state index contributed by atoms with van der Waals surface area (Å²) in [5.41, 5.74) is 4.66. The van der Waals surface area contributed by atoms with Gasteiger partial charge in [0.05, 0.1) is 11.4 Å². The third kappa shape index (κ3) is 2.81. The molecule has 29 heavy (non-hydrogen) atoms. The van der Waals surface area contributed by atoms with E-state index < -0.39 is 0 Å². The van der Waals surface area contributed by atoms with Crippen LogP contribution in [0.5, 0.6) is 0 Å². The maximum atomic E-state index is 8.94. The van der Waals surface area contributed by atoms with Crippen LogP contribution in [0.15, 0.2) is 66.9 Å². The Morgan fingerprint density at radius 3 is 2.52 bits per heavy atom. The highest BCUT2D eigenvalue weighted by Gasteiger charge is 2.34. The van der Waals surface area contributed by atoms with Gasteiger partial charge in [0.2, 0.25) is 0 Å². The largest absolute Gasteiger partial charge is 0.338 e. The number of pyridine rings is 1. The van der Waals surface area contributed by atoms with Crippen LogP contribution < -0.4 is 10.2 Å². The van der Waals surface area contributed by atoms with Crippen molar-refractivity contribution in [3.8, 4) is 0 Å². The summed E-state index contributed by atoms with van der Waals surface area (Å²) in [5, 5.41) is 21.1. The predicted octanol–water partition coefficient (Wildman–Crippen LogP) is 5.44. The topological polar surface area (TPSA) is 75.9 Å². The van der Waals surface area contributed by atoms with Gasteiger partial charge >= 0.3 is 0 Å². The molecule has 0 bridgehead atoms. The molecule has 0 radical (unpaired) electrons. The Bertz CT molecular complexity index is 1110. The molecule has 0 amide bonds. The van der Waals surface area contributed by atoms with Crippen LogP contribution in [0.25, 0.3) is 0 Å². The first-order valence-electron chi connectivity index (χ1n) is 9.96. The Morgan fingerprint density at radius 2 is 1.79 bits per heavy atom. The van der Waals surface area contributed by atoms with Gasteiger partial charge < -0.3 is 5.32 Å². The third-order valence-electron chi connectivity index (χ3n) is 6.22. The number of rotatable bonds is 2. The van der Waals surface area contributed by atoms with Crippen LogP contribution in [0, 0.1) is 10.8 Å². The molecule has 2 heterocycles. The van der Waals surface area contributed by atoms with E-state index >= 15 is 0 Å². The van der Waals surface area contributed by atoms with Crippen molar-refractivity contribution in [3.63, 3.8) is 0 Å². The first-order chi connectivity index (χ1) is 14.1. The van der Waals surface area contributed by atoms with Gasteiger partial charge in [-0.2, -0.15) is 0 Å². The Labute approximate surface area is 170 Å². The summed E-state index contributed by atoms with van der Waals surface area (Å²) >= 11 is 0. The number of fused-ring (bicyclic) bond motifs is 2. The van der Waals surface area contributed by atoms with Crippen LogP contribution in [-0.4, -0.2) is 16.7 Å². The second-order valence-corrected chi connectivity index (χ2v) is 8.07. The molecule has 5 heteroatoms. The second kappa shape index (κ2) is 6.55. The molecule has 0 spiro atoms. The van der Waals surface area contributed by atoms with E-state index in [1.165, 1.54) is 24.8 Å². The lowest BCUT2D eigenvalue weighted by molar-refractivity contribution is 0.272. The monoisotopic (exact) mass is 381 g/mol. The molecule has 1 aliphatic carbocycles. The highest BCUT2D eigenvalue weighted by Crippen LogP contribution is 2.43. The average molecular weight is 381 g/mol. The summed E-state index contributed by atoms with van der Waals surface area (Å²) in [6.45, 7) is 2.31. The van der Waals surface area contributed by atoms with Gasteiger partial charge in [-0.1, -0.05) is 49.7 Å². The Kier molecular flexibility index (Phi) is 3.98. The molecule has 5 rings (SSSR count). The van der Waals surface area contributed by atoms with Crippen molar-refractivity contribution >= 4 is 28.9 Å². The molecule has 5 nitrogen and oxygen atoms in total. The summed E-state index contributed by atoms with van der Waals surface area (Å²) in [4.78, 5) is 6.13. The molecule has 1 aliphatic heterocycles. The third-order valence-corrected chi connectivity index (χ3v) is 6.22. The summed E-state index contributed by atoms with van der Waals surface area (Å²) in [5.74, 6) is 1.18. The van der Waals surface area contributed by atoms with Crippen LogP contribution in [0.4, 0.5) is 17.2 Å². The maximum Gasteiger partial charge on any atom is 0.154 e. The molecule has 2 aromatic carbocycles. The molecule has 3 aromatic rings. The van der Waals surface area contributed by atoms with E-state index in [1.807, 2.05) is 48.5 Å². The zero-order valence-electron chi connectivity index (χ0n) is 16.4. The second-order valence-electron chi connectivity index (χ2n) is 8.07. The molecular weight excluding hydrogens is 358 g/mol. The predicted molar refractivity (Wildman–Crippen MR) is 118 cm³/mol. The van der Waals surface area contributed by atoms with Crippen molar-refractivity contribution in [2.24, 2.45) is 0 Å². The van der Waals surface area contributed by atoms with E-state index in [1.54, 1.807) is 11.1 Å². The van der Waals surface area contributed by atoms with Crippen LogP contribution in [0.3, 0.4) is 0 Å².